The van der Waals surface area contributed by atoms with Gasteiger partial charge in [-0.1, -0.05) is 72.3 Å². The first-order valence-electron chi connectivity index (χ1n) is 14.9. The van der Waals surface area contributed by atoms with Crippen LogP contribution in [0.1, 0.15) is 35.4 Å². The molecule has 0 aromatic heterocycles. The number of hydrogen-bond acceptors (Lipinski definition) is 6. The van der Waals surface area contributed by atoms with Crippen molar-refractivity contribution in [3.8, 4) is 11.5 Å². The van der Waals surface area contributed by atoms with Crippen LogP contribution in [0.4, 0.5) is 0 Å². The maximum absolute atomic E-state index is 14.3. The first-order valence-corrected chi connectivity index (χ1v) is 16.5. The van der Waals surface area contributed by atoms with Crippen LogP contribution in [0.15, 0.2) is 87.3 Å². The predicted octanol–water partition coefficient (Wildman–Crippen LogP) is 5.96. The Morgan fingerprint density at radius 1 is 0.756 bits per heavy atom. The Labute approximate surface area is 277 Å². The zero-order valence-corrected chi connectivity index (χ0v) is 27.5. The van der Waals surface area contributed by atoms with Gasteiger partial charge in [0, 0.05) is 10.4 Å². The highest BCUT2D eigenvalue weighted by Gasteiger charge is 2.62. The van der Waals surface area contributed by atoms with Gasteiger partial charge in [0.25, 0.3) is 0 Å². The molecule has 230 valence electrons. The number of aromatic hydroxyl groups is 1. The minimum atomic E-state index is -0.717. The van der Waals surface area contributed by atoms with Crippen LogP contribution >= 0.6 is 31.9 Å². The highest BCUT2D eigenvalue weighted by Crippen LogP contribution is 2.60. The Bertz CT molecular complexity index is 1760. The largest absolute Gasteiger partial charge is 0.503 e. The van der Waals surface area contributed by atoms with Gasteiger partial charge in [-0.15, -0.1) is 0 Å². The van der Waals surface area contributed by atoms with Crippen molar-refractivity contribution in [3.05, 3.63) is 104 Å². The van der Waals surface area contributed by atoms with Crippen molar-refractivity contribution in [1.82, 2.24) is 9.80 Å². The molecular weight excluding hydrogens is 704 g/mol. The van der Waals surface area contributed by atoms with Gasteiger partial charge in [0.05, 0.1) is 48.3 Å². The zero-order chi connectivity index (χ0) is 31.6. The predicted molar refractivity (Wildman–Crippen MR) is 172 cm³/mol. The molecule has 4 aliphatic rings. The van der Waals surface area contributed by atoms with E-state index in [2.05, 4.69) is 31.9 Å². The van der Waals surface area contributed by atoms with Gasteiger partial charge in [0.2, 0.25) is 23.6 Å². The van der Waals surface area contributed by atoms with Crippen molar-refractivity contribution in [2.45, 2.75) is 31.8 Å². The van der Waals surface area contributed by atoms with Crippen LogP contribution in [0.2, 0.25) is 0 Å². The number of methoxy groups -OCH3 is 1. The maximum Gasteiger partial charge on any atom is 0.234 e. The van der Waals surface area contributed by atoms with Crippen LogP contribution in [0.3, 0.4) is 0 Å². The van der Waals surface area contributed by atoms with Crippen molar-refractivity contribution in [2.24, 2.45) is 29.6 Å². The molecule has 2 aliphatic heterocycles. The Morgan fingerprint density at radius 3 is 1.89 bits per heavy atom. The third-order valence-corrected chi connectivity index (χ3v) is 12.1. The number of fused-ring (bicyclic) bond motifs is 4. The summed E-state index contributed by atoms with van der Waals surface area (Å²) in [7, 11) is 1.45. The number of allylic oxidation sites excluding steroid dienone is 2. The maximum atomic E-state index is 14.3. The molecule has 2 saturated heterocycles. The molecule has 0 bridgehead atoms. The molecule has 1 N–H and O–H groups in total. The zero-order valence-electron chi connectivity index (χ0n) is 24.4. The Kier molecular flexibility index (Phi) is 7.68. The van der Waals surface area contributed by atoms with Crippen LogP contribution in [0.25, 0.3) is 0 Å². The molecule has 7 rings (SSSR count). The Hall–Kier alpha value is -3.76. The normalized spacial score (nSPS) is 27.3. The minimum absolute atomic E-state index is 0.0950. The van der Waals surface area contributed by atoms with Crippen molar-refractivity contribution in [1.29, 1.82) is 0 Å². The third kappa shape index (κ3) is 4.76. The van der Waals surface area contributed by atoms with Gasteiger partial charge in [-0.2, -0.15) is 0 Å². The molecule has 45 heavy (non-hydrogen) atoms. The highest BCUT2D eigenvalue weighted by atomic mass is 79.9. The summed E-state index contributed by atoms with van der Waals surface area (Å²) in [6.45, 7) is 0.346. The van der Waals surface area contributed by atoms with E-state index in [1.165, 1.54) is 16.9 Å². The van der Waals surface area contributed by atoms with Crippen molar-refractivity contribution in [3.63, 3.8) is 0 Å². The molecule has 10 heteroatoms. The van der Waals surface area contributed by atoms with E-state index in [4.69, 9.17) is 4.74 Å². The summed E-state index contributed by atoms with van der Waals surface area (Å²) in [6, 6.07) is 20.5. The number of carbonyl (C=O) groups excluding carboxylic acids is 4. The smallest absolute Gasteiger partial charge is 0.234 e. The van der Waals surface area contributed by atoms with E-state index in [1.54, 1.807) is 6.07 Å². The first-order chi connectivity index (χ1) is 21.7. The average Bonchev–Trinajstić information content (AvgIpc) is 3.44. The van der Waals surface area contributed by atoms with Gasteiger partial charge in [0.15, 0.2) is 11.5 Å². The second kappa shape index (κ2) is 11.6. The van der Waals surface area contributed by atoms with E-state index in [-0.39, 0.29) is 48.2 Å². The summed E-state index contributed by atoms with van der Waals surface area (Å²) in [5, 5.41) is 10.7. The summed E-state index contributed by atoms with van der Waals surface area (Å²) in [4.78, 5) is 58.9. The lowest BCUT2D eigenvalue weighted by molar-refractivity contribution is -0.142. The second-order valence-electron chi connectivity index (χ2n) is 12.2. The summed E-state index contributed by atoms with van der Waals surface area (Å²) in [6.07, 6.45) is 2.68. The molecule has 6 atom stereocenters. The van der Waals surface area contributed by atoms with Crippen LogP contribution in [0.5, 0.6) is 11.5 Å². The molecule has 1 saturated carbocycles. The van der Waals surface area contributed by atoms with Gasteiger partial charge >= 0.3 is 0 Å². The fraction of sp³-hybridized carbons (Fsp3) is 0.314. The standard InChI is InChI=1S/C35H30Br2N2O6/c1-45-25-15-23(29(36)30(37)31(25)40)26-20-12-13-21-27(34(43)38(32(21)41)16-18-8-4-2-5-9-18)22(20)14-24-28(26)35(44)39(33(24)42)17-19-10-6-3-7-11-19/h2-12,15,21-22,24,26-28,40H,13-14,16-17H2,1H3. The third-order valence-electron chi connectivity index (χ3n) is 9.93. The summed E-state index contributed by atoms with van der Waals surface area (Å²) in [5.74, 6) is -4.39. The van der Waals surface area contributed by atoms with Gasteiger partial charge in [-0.3, -0.25) is 29.0 Å². The number of ether oxygens (including phenoxy) is 1. The summed E-state index contributed by atoms with van der Waals surface area (Å²) >= 11 is 7.11. The molecular formula is C35H30Br2N2O6. The van der Waals surface area contributed by atoms with E-state index in [0.717, 1.165) is 16.7 Å². The fourth-order valence-corrected chi connectivity index (χ4v) is 8.88. The molecule has 0 radical (unpaired) electrons. The van der Waals surface area contributed by atoms with Crippen LogP contribution < -0.4 is 4.74 Å². The number of rotatable bonds is 6. The van der Waals surface area contributed by atoms with E-state index < -0.39 is 35.5 Å². The van der Waals surface area contributed by atoms with Crippen LogP contribution in [-0.2, 0) is 32.3 Å². The summed E-state index contributed by atoms with van der Waals surface area (Å²) in [5.41, 5.74) is 3.25. The van der Waals surface area contributed by atoms with Crippen molar-refractivity contribution < 1.29 is 29.0 Å². The minimum Gasteiger partial charge on any atom is -0.503 e. The molecule has 3 aromatic rings. The van der Waals surface area contributed by atoms with Gasteiger partial charge in [0.1, 0.15) is 0 Å². The lowest BCUT2D eigenvalue weighted by atomic mass is 9.57. The highest BCUT2D eigenvalue weighted by molar-refractivity contribution is 9.13. The lowest BCUT2D eigenvalue weighted by Gasteiger charge is -2.44. The van der Waals surface area contributed by atoms with Crippen molar-refractivity contribution >= 4 is 55.5 Å². The topological polar surface area (TPSA) is 104 Å². The summed E-state index contributed by atoms with van der Waals surface area (Å²) < 4.78 is 6.39. The number of benzene rings is 3. The Morgan fingerprint density at radius 2 is 1.31 bits per heavy atom. The fourth-order valence-electron chi connectivity index (χ4n) is 7.90. The van der Waals surface area contributed by atoms with Crippen molar-refractivity contribution in [2.75, 3.05) is 7.11 Å². The lowest BCUT2D eigenvalue weighted by Crippen LogP contribution is -2.43. The number of likely N-dealkylation sites (tertiary alicyclic amines) is 2. The van der Waals surface area contributed by atoms with E-state index >= 15 is 0 Å². The molecule has 0 spiro atoms. The van der Waals surface area contributed by atoms with E-state index in [1.807, 2.05) is 66.7 Å². The van der Waals surface area contributed by atoms with Gasteiger partial charge in [-0.05, 0) is 73.4 Å². The number of phenolic OH excluding ortho intramolecular Hbond substituents is 1. The van der Waals surface area contributed by atoms with E-state index in [0.29, 0.717) is 27.4 Å². The molecule has 3 aromatic carbocycles. The monoisotopic (exact) mass is 732 g/mol. The molecule has 2 aliphatic carbocycles. The average molecular weight is 734 g/mol. The van der Waals surface area contributed by atoms with Gasteiger partial charge in [-0.25, -0.2) is 0 Å². The Balaban J connectivity index is 1.33. The number of phenols is 1. The quantitative estimate of drug-likeness (QED) is 0.248. The molecule has 2 heterocycles. The first kappa shape index (κ1) is 29.9. The van der Waals surface area contributed by atoms with Crippen LogP contribution in [0, 0.1) is 29.6 Å². The molecule has 8 nitrogen and oxygen atoms in total. The van der Waals surface area contributed by atoms with Gasteiger partial charge < -0.3 is 9.84 Å². The molecule has 6 unspecified atom stereocenters. The number of hydrogen-bond donors (Lipinski definition) is 1. The number of imide groups is 2. The SMILES string of the molecule is COc1cc(C2C3=CCC4C(=O)N(Cc5ccccc5)C(=O)C4C3CC3C(=O)N(Cc4ccccc4)C(=O)C32)c(Br)c(Br)c1O. The molecule has 3 fully saturated rings. The van der Waals surface area contributed by atoms with E-state index in [9.17, 15) is 24.3 Å². The second-order valence-corrected chi connectivity index (χ2v) is 13.8. The number of amides is 4. The molecule has 4 amide bonds. The number of carbonyl (C=O) groups is 4. The van der Waals surface area contributed by atoms with Crippen LogP contribution in [-0.4, -0.2) is 45.6 Å². The number of halogens is 2. The number of nitrogens with zero attached hydrogens (tertiary/aromatic N) is 2.